The van der Waals surface area contributed by atoms with Crippen LogP contribution in [0.5, 0.6) is 0 Å². The Kier molecular flexibility index (Phi) is 3.38. The van der Waals surface area contributed by atoms with Gasteiger partial charge in [0.05, 0.1) is 0 Å². The zero-order valence-electron chi connectivity index (χ0n) is 8.93. The zero-order chi connectivity index (χ0) is 11.4. The number of aryl methyl sites for hydroxylation is 1. The molecule has 5 heteroatoms. The predicted molar refractivity (Wildman–Crippen MR) is 51.5 cm³/mol. The summed E-state index contributed by atoms with van der Waals surface area (Å²) in [6.45, 7) is 1.24. The van der Waals surface area contributed by atoms with Gasteiger partial charge in [0, 0.05) is 20.0 Å². The van der Waals surface area contributed by atoms with Crippen LogP contribution < -0.4 is 4.57 Å². The fourth-order valence-electron chi connectivity index (χ4n) is 1.13. The largest absolute Gasteiger partial charge is 0.338 e. The van der Waals surface area contributed by atoms with E-state index in [0.29, 0.717) is 5.56 Å². The lowest BCUT2D eigenvalue weighted by molar-refractivity contribution is -0.671. The maximum atomic E-state index is 11.7. The van der Waals surface area contributed by atoms with E-state index in [1.54, 1.807) is 22.9 Å². The predicted octanol–water partition coefficient (Wildman–Crippen LogP) is 0.0612. The molecule has 1 aromatic heterocycles. The van der Waals surface area contributed by atoms with E-state index in [4.69, 9.17) is 0 Å². The highest BCUT2D eigenvalue weighted by atomic mass is 16.7. The molecule has 0 aliphatic rings. The minimum atomic E-state index is -0.522. The summed E-state index contributed by atoms with van der Waals surface area (Å²) in [7, 11) is 3.21. The zero-order valence-corrected chi connectivity index (χ0v) is 8.93. The van der Waals surface area contributed by atoms with Gasteiger partial charge < -0.3 is 4.84 Å². The summed E-state index contributed by atoms with van der Waals surface area (Å²) in [5, 5.41) is 0.914. The van der Waals surface area contributed by atoms with Gasteiger partial charge in [-0.2, -0.15) is 5.06 Å². The van der Waals surface area contributed by atoms with Crippen molar-refractivity contribution in [2.75, 3.05) is 7.05 Å². The van der Waals surface area contributed by atoms with Crippen LogP contribution in [0.1, 0.15) is 17.3 Å². The second-order valence-corrected chi connectivity index (χ2v) is 3.14. The molecule has 0 bridgehead atoms. The summed E-state index contributed by atoms with van der Waals surface area (Å²) in [5.74, 6) is -0.882. The molecule has 0 atom stereocenters. The summed E-state index contributed by atoms with van der Waals surface area (Å²) < 4.78 is 1.74. The molecule has 0 N–H and O–H groups in total. The number of hydroxylamine groups is 2. The van der Waals surface area contributed by atoms with Crippen LogP contribution in [0, 0.1) is 0 Å². The molecule has 0 aliphatic heterocycles. The number of aromatic nitrogens is 1. The standard InChI is InChI=1S/C10H13N2O3/c1-8(13)15-12(3)10(14)9-5-4-6-11(2)7-9/h4-7H,1-3H3/q+1. The first-order valence-electron chi connectivity index (χ1n) is 4.42. The van der Waals surface area contributed by atoms with Crippen LogP contribution >= 0.6 is 0 Å². The van der Waals surface area contributed by atoms with E-state index in [1.807, 2.05) is 13.2 Å². The average molecular weight is 209 g/mol. The Hall–Kier alpha value is -1.91. The van der Waals surface area contributed by atoms with Gasteiger partial charge in [-0.1, -0.05) is 0 Å². The molecule has 0 fully saturated rings. The first-order valence-corrected chi connectivity index (χ1v) is 4.42. The van der Waals surface area contributed by atoms with Crippen molar-refractivity contribution in [3.05, 3.63) is 30.1 Å². The molecule has 80 valence electrons. The van der Waals surface area contributed by atoms with Crippen LogP contribution in [0.4, 0.5) is 0 Å². The fourth-order valence-corrected chi connectivity index (χ4v) is 1.13. The van der Waals surface area contributed by atoms with Gasteiger partial charge >= 0.3 is 5.97 Å². The van der Waals surface area contributed by atoms with Gasteiger partial charge in [0.25, 0.3) is 5.91 Å². The fraction of sp³-hybridized carbons (Fsp3) is 0.300. The van der Waals surface area contributed by atoms with Crippen LogP contribution in [0.3, 0.4) is 0 Å². The van der Waals surface area contributed by atoms with E-state index in [0.717, 1.165) is 5.06 Å². The van der Waals surface area contributed by atoms with Gasteiger partial charge in [-0.3, -0.25) is 9.59 Å². The minimum Gasteiger partial charge on any atom is -0.338 e. The molecule has 1 heterocycles. The van der Waals surface area contributed by atoms with Gasteiger partial charge in [0.15, 0.2) is 12.4 Å². The van der Waals surface area contributed by atoms with E-state index in [2.05, 4.69) is 4.84 Å². The number of pyridine rings is 1. The SMILES string of the molecule is CC(=O)ON(C)C(=O)c1ccc[n+](C)c1. The molecular weight excluding hydrogens is 196 g/mol. The van der Waals surface area contributed by atoms with Gasteiger partial charge in [0.2, 0.25) is 0 Å². The lowest BCUT2D eigenvalue weighted by atomic mass is 10.2. The van der Waals surface area contributed by atoms with Crippen molar-refractivity contribution in [3.8, 4) is 0 Å². The van der Waals surface area contributed by atoms with E-state index in [1.165, 1.54) is 14.0 Å². The number of hydrogen-bond donors (Lipinski definition) is 0. The molecule has 0 saturated heterocycles. The molecule has 1 aromatic rings. The van der Waals surface area contributed by atoms with Crippen LogP contribution in [-0.2, 0) is 16.7 Å². The Labute approximate surface area is 87.8 Å². The van der Waals surface area contributed by atoms with Gasteiger partial charge in [-0.25, -0.2) is 4.57 Å². The number of rotatable bonds is 1. The molecule has 5 nitrogen and oxygen atoms in total. The smallest absolute Gasteiger partial charge is 0.329 e. The monoisotopic (exact) mass is 209 g/mol. The number of nitrogens with zero attached hydrogens (tertiary/aromatic N) is 2. The van der Waals surface area contributed by atoms with Crippen LogP contribution in [0.25, 0.3) is 0 Å². The van der Waals surface area contributed by atoms with Crippen molar-refractivity contribution in [1.29, 1.82) is 0 Å². The molecule has 0 aromatic carbocycles. The van der Waals surface area contributed by atoms with Crippen molar-refractivity contribution in [2.24, 2.45) is 7.05 Å². The molecule has 0 radical (unpaired) electrons. The Morgan fingerprint density at radius 1 is 1.47 bits per heavy atom. The van der Waals surface area contributed by atoms with Gasteiger partial charge in [0.1, 0.15) is 12.6 Å². The second kappa shape index (κ2) is 4.54. The second-order valence-electron chi connectivity index (χ2n) is 3.14. The van der Waals surface area contributed by atoms with Gasteiger partial charge in [-0.15, -0.1) is 0 Å². The normalized spacial score (nSPS) is 9.53. The molecule has 1 amide bonds. The first-order chi connectivity index (χ1) is 7.00. The summed E-state index contributed by atoms with van der Waals surface area (Å²) in [6.07, 6.45) is 3.46. The third-order valence-corrected chi connectivity index (χ3v) is 1.74. The highest BCUT2D eigenvalue weighted by Crippen LogP contribution is 2.00. The topological polar surface area (TPSA) is 50.5 Å². The Morgan fingerprint density at radius 3 is 2.67 bits per heavy atom. The van der Waals surface area contributed by atoms with E-state index in [-0.39, 0.29) is 5.91 Å². The number of hydrogen-bond acceptors (Lipinski definition) is 3. The molecule has 0 saturated carbocycles. The third-order valence-electron chi connectivity index (χ3n) is 1.74. The summed E-state index contributed by atoms with van der Waals surface area (Å²) in [4.78, 5) is 26.9. The highest BCUT2D eigenvalue weighted by Gasteiger charge is 2.16. The maximum Gasteiger partial charge on any atom is 0.329 e. The lowest BCUT2D eigenvalue weighted by Gasteiger charge is -2.13. The number of carbonyl (C=O) groups excluding carboxylic acids is 2. The summed E-state index contributed by atoms with van der Waals surface area (Å²) >= 11 is 0. The van der Waals surface area contributed by atoms with Crippen molar-refractivity contribution in [1.82, 2.24) is 5.06 Å². The molecule has 1 rings (SSSR count). The molecule has 0 unspecified atom stereocenters. The average Bonchev–Trinajstić information content (AvgIpc) is 2.15. The number of amides is 1. The molecule has 0 spiro atoms. The van der Waals surface area contributed by atoms with Crippen molar-refractivity contribution < 1.29 is 19.0 Å². The van der Waals surface area contributed by atoms with E-state index < -0.39 is 5.97 Å². The van der Waals surface area contributed by atoms with Crippen LogP contribution in [0.2, 0.25) is 0 Å². The van der Waals surface area contributed by atoms with Crippen LogP contribution in [-0.4, -0.2) is 24.0 Å². The summed E-state index contributed by atoms with van der Waals surface area (Å²) in [6, 6.07) is 3.40. The molecule has 0 aliphatic carbocycles. The van der Waals surface area contributed by atoms with Crippen LogP contribution in [0.15, 0.2) is 24.5 Å². The Bertz CT molecular complexity index is 390. The minimum absolute atomic E-state index is 0.360. The van der Waals surface area contributed by atoms with E-state index >= 15 is 0 Å². The van der Waals surface area contributed by atoms with Crippen molar-refractivity contribution in [3.63, 3.8) is 0 Å². The lowest BCUT2D eigenvalue weighted by Crippen LogP contribution is -2.33. The first kappa shape index (κ1) is 11.2. The summed E-state index contributed by atoms with van der Waals surface area (Å²) in [5.41, 5.74) is 0.462. The Morgan fingerprint density at radius 2 is 2.13 bits per heavy atom. The van der Waals surface area contributed by atoms with Gasteiger partial charge in [-0.05, 0) is 6.07 Å². The number of carbonyl (C=O) groups is 2. The molecule has 15 heavy (non-hydrogen) atoms. The van der Waals surface area contributed by atoms with Crippen molar-refractivity contribution in [2.45, 2.75) is 6.92 Å². The Balaban J connectivity index is 2.80. The van der Waals surface area contributed by atoms with Crippen molar-refractivity contribution >= 4 is 11.9 Å². The third kappa shape index (κ3) is 3.05. The van der Waals surface area contributed by atoms with E-state index in [9.17, 15) is 9.59 Å². The molecular formula is C10H13N2O3+. The highest BCUT2D eigenvalue weighted by molar-refractivity contribution is 5.93. The maximum absolute atomic E-state index is 11.7. The quantitative estimate of drug-likeness (QED) is 0.485.